The summed E-state index contributed by atoms with van der Waals surface area (Å²) in [5.41, 5.74) is 0. The van der Waals surface area contributed by atoms with Crippen LogP contribution in [0.1, 0.15) is 9.67 Å². The molecule has 0 aromatic carbocycles. The van der Waals surface area contributed by atoms with Crippen LogP contribution >= 0.6 is 27.3 Å². The number of nitrogens with zero attached hydrogens (tertiary/aromatic N) is 2. The zero-order valence-electron chi connectivity index (χ0n) is 8.18. The first-order valence-electron chi connectivity index (χ1n) is 4.45. The maximum Gasteiger partial charge on any atom is 0.243 e. The van der Waals surface area contributed by atoms with E-state index in [-0.39, 0.29) is 5.78 Å². The summed E-state index contributed by atoms with van der Waals surface area (Å²) in [4.78, 5) is 12.6. The van der Waals surface area contributed by atoms with Gasteiger partial charge in [0, 0.05) is 0 Å². The number of carbonyl (C=O) groups excluding carboxylic acids is 1. The molecule has 2 aromatic rings. The van der Waals surface area contributed by atoms with Crippen LogP contribution in [0.5, 0.6) is 0 Å². The van der Waals surface area contributed by atoms with Gasteiger partial charge in [0.2, 0.25) is 12.1 Å². The lowest BCUT2D eigenvalue weighted by Gasteiger charge is -1.93. The molecule has 0 spiro atoms. The van der Waals surface area contributed by atoms with Gasteiger partial charge in [-0.2, -0.15) is 0 Å². The zero-order valence-corrected chi connectivity index (χ0v) is 10.6. The topological polar surface area (TPSA) is 25.9 Å². The van der Waals surface area contributed by atoms with E-state index in [0.717, 1.165) is 8.66 Å². The van der Waals surface area contributed by atoms with Crippen molar-refractivity contribution in [2.45, 2.75) is 6.54 Å². The van der Waals surface area contributed by atoms with Gasteiger partial charge in [-0.1, -0.05) is 0 Å². The number of ketones is 1. The summed E-state index contributed by atoms with van der Waals surface area (Å²) in [6.45, 7) is 0.397. The van der Waals surface area contributed by atoms with E-state index in [1.54, 1.807) is 0 Å². The van der Waals surface area contributed by atoms with E-state index in [9.17, 15) is 4.79 Å². The summed E-state index contributed by atoms with van der Waals surface area (Å²) < 4.78 is 4.78. The number of halogens is 1. The van der Waals surface area contributed by atoms with Gasteiger partial charge in [0.1, 0.15) is 12.4 Å². The minimum absolute atomic E-state index is 0.141. The molecule has 0 saturated carbocycles. The summed E-state index contributed by atoms with van der Waals surface area (Å²) in [7, 11) is 1.93. The second-order valence-electron chi connectivity index (χ2n) is 3.28. The van der Waals surface area contributed by atoms with Gasteiger partial charge in [0.15, 0.2) is 6.54 Å². The van der Waals surface area contributed by atoms with Gasteiger partial charge in [-0.3, -0.25) is 4.79 Å². The van der Waals surface area contributed by atoms with Crippen molar-refractivity contribution in [2.75, 3.05) is 0 Å². The highest BCUT2D eigenvalue weighted by Gasteiger charge is 2.12. The van der Waals surface area contributed by atoms with Crippen LogP contribution in [-0.2, 0) is 13.6 Å². The molecule has 15 heavy (non-hydrogen) atoms. The van der Waals surface area contributed by atoms with Crippen molar-refractivity contribution < 1.29 is 9.36 Å². The average molecular weight is 286 g/mol. The quantitative estimate of drug-likeness (QED) is 0.626. The summed E-state index contributed by atoms with van der Waals surface area (Å²) in [6.07, 6.45) is 5.69. The lowest BCUT2D eigenvalue weighted by molar-refractivity contribution is -0.671. The number of hydrogen-bond donors (Lipinski definition) is 0. The minimum Gasteiger partial charge on any atom is -0.289 e. The predicted octanol–water partition coefficient (Wildman–Crippen LogP) is 2.02. The van der Waals surface area contributed by atoms with E-state index in [0.29, 0.717) is 6.54 Å². The van der Waals surface area contributed by atoms with E-state index < -0.39 is 0 Å². The van der Waals surface area contributed by atoms with Crippen LogP contribution in [0, 0.1) is 0 Å². The first-order chi connectivity index (χ1) is 7.15. The molecule has 0 unspecified atom stereocenters. The molecular formula is C10H10BrN2OS+. The Kier molecular flexibility index (Phi) is 3.02. The maximum absolute atomic E-state index is 11.8. The molecular weight excluding hydrogens is 276 g/mol. The van der Waals surface area contributed by atoms with Crippen molar-refractivity contribution in [2.24, 2.45) is 7.05 Å². The molecule has 0 radical (unpaired) electrons. The second kappa shape index (κ2) is 4.28. The third kappa shape index (κ3) is 2.54. The summed E-state index contributed by atoms with van der Waals surface area (Å²) >= 11 is 4.81. The molecule has 5 heteroatoms. The molecule has 0 aliphatic rings. The Morgan fingerprint density at radius 2 is 2.40 bits per heavy atom. The molecule has 0 aliphatic carbocycles. The van der Waals surface area contributed by atoms with Crippen LogP contribution in [-0.4, -0.2) is 10.4 Å². The number of aryl methyl sites for hydroxylation is 1. The van der Waals surface area contributed by atoms with Gasteiger partial charge in [-0.15, -0.1) is 11.3 Å². The van der Waals surface area contributed by atoms with Crippen molar-refractivity contribution in [1.82, 2.24) is 4.57 Å². The Labute approximate surface area is 100 Å². The smallest absolute Gasteiger partial charge is 0.243 e. The van der Waals surface area contributed by atoms with Crippen LogP contribution in [0.2, 0.25) is 0 Å². The Hall–Kier alpha value is -0.940. The molecule has 0 aliphatic heterocycles. The van der Waals surface area contributed by atoms with Crippen molar-refractivity contribution in [1.29, 1.82) is 0 Å². The highest BCUT2D eigenvalue weighted by Crippen LogP contribution is 2.22. The van der Waals surface area contributed by atoms with Crippen molar-refractivity contribution >= 4 is 33.0 Å². The molecule has 0 atom stereocenters. The molecule has 0 fully saturated rings. The van der Waals surface area contributed by atoms with Gasteiger partial charge in [0.05, 0.1) is 15.7 Å². The number of aromatic nitrogens is 2. The number of Topliss-reactive ketones (excluding diaryl/α,β-unsaturated/α-hetero) is 1. The van der Waals surface area contributed by atoms with Crippen LogP contribution in [0.25, 0.3) is 0 Å². The number of thiophene rings is 1. The van der Waals surface area contributed by atoms with Crippen LogP contribution in [0.3, 0.4) is 0 Å². The second-order valence-corrected chi connectivity index (χ2v) is 5.74. The van der Waals surface area contributed by atoms with Crippen molar-refractivity contribution in [3.8, 4) is 0 Å². The lowest BCUT2D eigenvalue weighted by atomic mass is 10.3. The van der Waals surface area contributed by atoms with E-state index in [1.807, 2.05) is 47.0 Å². The van der Waals surface area contributed by atoms with E-state index in [2.05, 4.69) is 15.9 Å². The monoisotopic (exact) mass is 285 g/mol. The Bertz CT molecular complexity index is 489. The molecule has 2 rings (SSSR count). The first-order valence-corrected chi connectivity index (χ1v) is 6.05. The average Bonchev–Trinajstić information content (AvgIpc) is 2.75. The molecule has 0 bridgehead atoms. The van der Waals surface area contributed by atoms with Gasteiger partial charge in [-0.05, 0) is 28.1 Å². The number of rotatable bonds is 3. The maximum atomic E-state index is 11.8. The lowest BCUT2D eigenvalue weighted by Crippen LogP contribution is -2.24. The number of imidazole rings is 1. The van der Waals surface area contributed by atoms with Crippen LogP contribution < -0.4 is 4.57 Å². The zero-order chi connectivity index (χ0) is 10.8. The Morgan fingerprint density at radius 3 is 2.93 bits per heavy atom. The van der Waals surface area contributed by atoms with Gasteiger partial charge in [0.25, 0.3) is 0 Å². The SMILES string of the molecule is C[n+]1ccn(CC(=O)c2ccc(Br)s2)c1. The summed E-state index contributed by atoms with van der Waals surface area (Å²) in [5, 5.41) is 0. The van der Waals surface area contributed by atoms with Crippen LogP contribution in [0.4, 0.5) is 0 Å². The third-order valence-corrected chi connectivity index (χ3v) is 3.66. The molecule has 0 N–H and O–H groups in total. The van der Waals surface area contributed by atoms with E-state index in [4.69, 9.17) is 0 Å². The normalized spacial score (nSPS) is 10.5. The summed E-state index contributed by atoms with van der Waals surface area (Å²) in [5.74, 6) is 0.141. The highest BCUT2D eigenvalue weighted by molar-refractivity contribution is 9.11. The Morgan fingerprint density at radius 1 is 1.60 bits per heavy atom. The van der Waals surface area contributed by atoms with Crippen molar-refractivity contribution in [3.63, 3.8) is 0 Å². The Balaban J connectivity index is 2.10. The number of carbonyl (C=O) groups is 1. The highest BCUT2D eigenvalue weighted by atomic mass is 79.9. The molecule has 0 amide bonds. The largest absolute Gasteiger partial charge is 0.289 e. The fourth-order valence-electron chi connectivity index (χ4n) is 1.30. The van der Waals surface area contributed by atoms with Crippen molar-refractivity contribution in [3.05, 3.63) is 39.5 Å². The number of hydrogen-bond acceptors (Lipinski definition) is 2. The fraction of sp³-hybridized carbons (Fsp3) is 0.200. The van der Waals surface area contributed by atoms with Gasteiger partial charge >= 0.3 is 0 Å². The van der Waals surface area contributed by atoms with E-state index in [1.165, 1.54) is 11.3 Å². The minimum atomic E-state index is 0.141. The molecule has 0 saturated heterocycles. The van der Waals surface area contributed by atoms with Gasteiger partial charge in [-0.25, -0.2) is 9.13 Å². The van der Waals surface area contributed by atoms with E-state index >= 15 is 0 Å². The molecule has 2 heterocycles. The fourth-order valence-corrected chi connectivity index (χ4v) is 2.62. The predicted molar refractivity (Wildman–Crippen MR) is 62.0 cm³/mol. The standard InChI is InChI=1S/C10H10BrN2OS/c1-12-4-5-13(7-12)6-8(14)9-2-3-10(11)15-9/h2-5,7H,6H2,1H3/q+1. The molecule has 2 aromatic heterocycles. The first kappa shape index (κ1) is 10.6. The van der Waals surface area contributed by atoms with Crippen LogP contribution in [0.15, 0.2) is 34.6 Å². The molecule has 78 valence electrons. The third-order valence-electron chi connectivity index (χ3n) is 2.00. The summed E-state index contributed by atoms with van der Waals surface area (Å²) in [6, 6.07) is 3.74. The molecule has 3 nitrogen and oxygen atoms in total. The van der Waals surface area contributed by atoms with Gasteiger partial charge < -0.3 is 0 Å².